The van der Waals surface area contributed by atoms with E-state index in [-0.39, 0.29) is 11.9 Å². The lowest BCUT2D eigenvalue weighted by Crippen LogP contribution is -2.62. The van der Waals surface area contributed by atoms with Crippen LogP contribution >= 0.6 is 0 Å². The van der Waals surface area contributed by atoms with Crippen LogP contribution in [0.1, 0.15) is 61.9 Å². The molecule has 6 heteroatoms. The molecule has 1 aliphatic heterocycles. The molecule has 2 rings (SSSR count). The number of carbonyl (C=O) groups is 2. The van der Waals surface area contributed by atoms with Crippen LogP contribution in [0.25, 0.3) is 0 Å². The van der Waals surface area contributed by atoms with Crippen molar-refractivity contribution < 1.29 is 23.5 Å². The molecular formula is C22H35N2O4+. The first-order valence-electron chi connectivity index (χ1n) is 10.4. The monoisotopic (exact) mass is 391 g/mol. The lowest BCUT2D eigenvalue weighted by Gasteiger charge is -2.46. The summed E-state index contributed by atoms with van der Waals surface area (Å²) >= 11 is 0. The first-order valence-corrected chi connectivity index (χ1v) is 10.4. The third-order valence-electron chi connectivity index (χ3n) is 6.06. The SMILES string of the molecule is CCCC(C(=O)Nc1c(C)cc(OC)cc1C(=O)OC)[N+]1(CC)CCCCC1. The van der Waals surface area contributed by atoms with E-state index in [9.17, 15) is 9.59 Å². The molecule has 1 N–H and O–H groups in total. The maximum absolute atomic E-state index is 13.4. The molecular weight excluding hydrogens is 356 g/mol. The smallest absolute Gasteiger partial charge is 0.340 e. The zero-order valence-electron chi connectivity index (χ0n) is 18.0. The molecule has 6 nitrogen and oxygen atoms in total. The molecule has 28 heavy (non-hydrogen) atoms. The van der Waals surface area contributed by atoms with Gasteiger partial charge in [0, 0.05) is 6.42 Å². The average molecular weight is 392 g/mol. The molecule has 1 atom stereocenters. The fourth-order valence-electron chi connectivity index (χ4n) is 4.43. The Bertz CT molecular complexity index is 696. The molecule has 0 spiro atoms. The summed E-state index contributed by atoms with van der Waals surface area (Å²) in [7, 11) is 2.89. The minimum absolute atomic E-state index is 0.0102. The van der Waals surface area contributed by atoms with Crippen molar-refractivity contribution in [2.24, 2.45) is 0 Å². The van der Waals surface area contributed by atoms with Crippen molar-refractivity contribution in [2.45, 2.75) is 58.9 Å². The molecule has 1 heterocycles. The first kappa shape index (κ1) is 22.2. The molecule has 1 unspecified atom stereocenters. The molecule has 0 saturated carbocycles. The van der Waals surface area contributed by atoms with Crippen molar-refractivity contribution in [3.05, 3.63) is 23.3 Å². The summed E-state index contributed by atoms with van der Waals surface area (Å²) in [6.45, 7) is 9.20. The number of rotatable bonds is 8. The predicted molar refractivity (Wildman–Crippen MR) is 111 cm³/mol. The van der Waals surface area contributed by atoms with Crippen molar-refractivity contribution in [3.63, 3.8) is 0 Å². The van der Waals surface area contributed by atoms with Gasteiger partial charge in [-0.2, -0.15) is 0 Å². The molecule has 156 valence electrons. The summed E-state index contributed by atoms with van der Waals surface area (Å²) in [5.41, 5.74) is 1.62. The van der Waals surface area contributed by atoms with E-state index in [1.54, 1.807) is 13.2 Å². The summed E-state index contributed by atoms with van der Waals surface area (Å²) in [6, 6.07) is 3.33. The highest BCUT2D eigenvalue weighted by Gasteiger charge is 2.41. The van der Waals surface area contributed by atoms with E-state index >= 15 is 0 Å². The number of ether oxygens (including phenoxy) is 2. The van der Waals surface area contributed by atoms with Crippen molar-refractivity contribution >= 4 is 17.6 Å². The van der Waals surface area contributed by atoms with Gasteiger partial charge in [0.25, 0.3) is 5.91 Å². The third kappa shape index (κ3) is 4.66. The molecule has 0 radical (unpaired) electrons. The number of benzene rings is 1. The number of carbonyl (C=O) groups excluding carboxylic acids is 2. The number of nitrogens with zero attached hydrogens (tertiary/aromatic N) is 1. The Kier molecular flexibility index (Phi) is 7.87. The number of likely N-dealkylation sites (tertiary alicyclic amines) is 1. The highest BCUT2D eigenvalue weighted by atomic mass is 16.5. The van der Waals surface area contributed by atoms with Crippen molar-refractivity contribution in [3.8, 4) is 5.75 Å². The molecule has 1 aromatic rings. The van der Waals surface area contributed by atoms with Gasteiger partial charge in [0.1, 0.15) is 5.75 Å². The Morgan fingerprint density at radius 2 is 1.82 bits per heavy atom. The van der Waals surface area contributed by atoms with Gasteiger partial charge in [0.15, 0.2) is 6.04 Å². The van der Waals surface area contributed by atoms with Gasteiger partial charge in [0.2, 0.25) is 0 Å². The Hall–Kier alpha value is -2.08. The van der Waals surface area contributed by atoms with Gasteiger partial charge in [-0.25, -0.2) is 4.79 Å². The van der Waals surface area contributed by atoms with E-state index in [2.05, 4.69) is 19.2 Å². The maximum Gasteiger partial charge on any atom is 0.340 e. The zero-order valence-corrected chi connectivity index (χ0v) is 18.0. The number of quaternary nitrogens is 1. The molecule has 1 saturated heterocycles. The van der Waals surface area contributed by atoms with Crippen LogP contribution < -0.4 is 10.1 Å². The third-order valence-corrected chi connectivity index (χ3v) is 6.06. The van der Waals surface area contributed by atoms with Crippen LogP contribution in [0.15, 0.2) is 12.1 Å². The largest absolute Gasteiger partial charge is 0.497 e. The quantitative estimate of drug-likeness (QED) is 0.539. The normalized spacial score (nSPS) is 16.9. The zero-order chi connectivity index (χ0) is 20.7. The Balaban J connectivity index is 2.39. The van der Waals surface area contributed by atoms with Crippen LogP contribution in [0.2, 0.25) is 0 Å². The van der Waals surface area contributed by atoms with E-state index in [1.807, 2.05) is 13.0 Å². The van der Waals surface area contributed by atoms with Crippen molar-refractivity contribution in [2.75, 3.05) is 39.2 Å². The van der Waals surface area contributed by atoms with Gasteiger partial charge in [-0.15, -0.1) is 0 Å². The van der Waals surface area contributed by atoms with Crippen molar-refractivity contribution in [1.82, 2.24) is 0 Å². The second-order valence-electron chi connectivity index (χ2n) is 7.69. The summed E-state index contributed by atoms with van der Waals surface area (Å²) in [6.07, 6.45) is 5.35. The van der Waals surface area contributed by atoms with Crippen LogP contribution in [-0.2, 0) is 9.53 Å². The minimum Gasteiger partial charge on any atom is -0.497 e. The summed E-state index contributed by atoms with van der Waals surface area (Å²) in [5.74, 6) is 0.0693. The average Bonchev–Trinajstić information content (AvgIpc) is 2.72. The number of likely N-dealkylation sites (N-methyl/N-ethyl adjacent to an activating group) is 1. The minimum atomic E-state index is -0.485. The van der Waals surface area contributed by atoms with Gasteiger partial charge in [-0.05, 0) is 57.2 Å². The number of anilines is 1. The van der Waals surface area contributed by atoms with Crippen LogP contribution in [-0.4, -0.2) is 56.3 Å². The lowest BCUT2D eigenvalue weighted by molar-refractivity contribution is -0.945. The number of piperidine rings is 1. The molecule has 1 amide bonds. The highest BCUT2D eigenvalue weighted by molar-refractivity contribution is 6.03. The van der Waals surface area contributed by atoms with Crippen LogP contribution in [0.5, 0.6) is 5.75 Å². The topological polar surface area (TPSA) is 64.6 Å². The Morgan fingerprint density at radius 1 is 1.14 bits per heavy atom. The number of amides is 1. The van der Waals surface area contributed by atoms with E-state index in [0.717, 1.165) is 55.4 Å². The summed E-state index contributed by atoms with van der Waals surface area (Å²) in [4.78, 5) is 25.7. The van der Waals surface area contributed by atoms with E-state index in [4.69, 9.17) is 9.47 Å². The van der Waals surface area contributed by atoms with E-state index in [0.29, 0.717) is 17.0 Å². The van der Waals surface area contributed by atoms with Crippen LogP contribution in [0.4, 0.5) is 5.69 Å². The maximum atomic E-state index is 13.4. The molecule has 0 bridgehead atoms. The Morgan fingerprint density at radius 3 is 2.36 bits per heavy atom. The molecule has 0 aromatic heterocycles. The second kappa shape index (κ2) is 9.92. The van der Waals surface area contributed by atoms with Gasteiger partial charge in [-0.3, -0.25) is 4.79 Å². The number of hydrogen-bond acceptors (Lipinski definition) is 4. The second-order valence-corrected chi connectivity index (χ2v) is 7.69. The fraction of sp³-hybridized carbons (Fsp3) is 0.636. The van der Waals surface area contributed by atoms with Gasteiger partial charge >= 0.3 is 5.97 Å². The summed E-state index contributed by atoms with van der Waals surface area (Å²) in [5, 5.41) is 3.08. The number of hydrogen-bond donors (Lipinski definition) is 1. The molecule has 1 fully saturated rings. The number of esters is 1. The lowest BCUT2D eigenvalue weighted by atomic mass is 9.98. The van der Waals surface area contributed by atoms with E-state index < -0.39 is 5.97 Å². The van der Waals surface area contributed by atoms with Gasteiger partial charge in [-0.1, -0.05) is 6.92 Å². The number of aryl methyl sites for hydroxylation is 1. The molecule has 1 aliphatic rings. The van der Waals surface area contributed by atoms with Crippen LogP contribution in [0.3, 0.4) is 0 Å². The fourth-order valence-corrected chi connectivity index (χ4v) is 4.43. The van der Waals surface area contributed by atoms with E-state index in [1.165, 1.54) is 13.5 Å². The van der Waals surface area contributed by atoms with Gasteiger partial charge < -0.3 is 19.3 Å². The molecule has 0 aliphatic carbocycles. The molecule has 1 aromatic carbocycles. The highest BCUT2D eigenvalue weighted by Crippen LogP contribution is 2.30. The number of methoxy groups -OCH3 is 2. The Labute approximate surface area is 168 Å². The standard InChI is InChI=1S/C22H34N2O4/c1-6-11-19(24(7-2)12-9-8-10-13-24)21(25)23-20-16(3)14-17(27-4)15-18(20)22(26)28-5/h14-15,19H,6-13H2,1-5H3/p+1. The number of nitrogens with one attached hydrogen (secondary N) is 1. The first-order chi connectivity index (χ1) is 13.4. The van der Waals surface area contributed by atoms with Crippen LogP contribution in [0, 0.1) is 6.92 Å². The van der Waals surface area contributed by atoms with Gasteiger partial charge in [0.05, 0.1) is 45.1 Å². The summed E-state index contributed by atoms with van der Waals surface area (Å²) < 4.78 is 11.0. The van der Waals surface area contributed by atoms with Crippen molar-refractivity contribution in [1.29, 1.82) is 0 Å². The predicted octanol–water partition coefficient (Wildman–Crippen LogP) is 3.92.